The van der Waals surface area contributed by atoms with Crippen molar-refractivity contribution in [2.45, 2.75) is 71.9 Å². The summed E-state index contributed by atoms with van der Waals surface area (Å²) in [4.78, 5) is 2.69. The zero-order valence-electron chi connectivity index (χ0n) is 14.5. The highest BCUT2D eigenvalue weighted by molar-refractivity contribution is 4.92. The van der Waals surface area contributed by atoms with Gasteiger partial charge in [-0.15, -0.1) is 0 Å². The van der Waals surface area contributed by atoms with Gasteiger partial charge in [0.25, 0.3) is 0 Å². The molecule has 21 heavy (non-hydrogen) atoms. The average molecular weight is 296 g/mol. The predicted octanol–water partition coefficient (Wildman–Crippen LogP) is 2.87. The van der Waals surface area contributed by atoms with Crippen LogP contribution in [0.4, 0.5) is 0 Å². The van der Waals surface area contributed by atoms with Gasteiger partial charge in [0, 0.05) is 6.04 Å². The van der Waals surface area contributed by atoms with Gasteiger partial charge in [-0.3, -0.25) is 0 Å². The molecular weight excluding hydrogens is 260 g/mol. The Morgan fingerprint density at radius 3 is 2.24 bits per heavy atom. The molecule has 0 spiro atoms. The van der Waals surface area contributed by atoms with E-state index in [1.54, 1.807) is 0 Å². The number of nitrogens with two attached hydrogens (primary N) is 1. The fourth-order valence-electron chi connectivity index (χ4n) is 4.45. The first kappa shape index (κ1) is 17.2. The van der Waals surface area contributed by atoms with Gasteiger partial charge in [0.2, 0.25) is 0 Å². The van der Waals surface area contributed by atoms with Crippen molar-refractivity contribution >= 4 is 0 Å². The molecule has 3 heteroatoms. The second-order valence-electron chi connectivity index (χ2n) is 8.55. The SMILES string of the molecule is CC(O)C1CCN(C2CC(C(C)(C)C)CCC2CN)CC1. The van der Waals surface area contributed by atoms with Crippen molar-refractivity contribution in [1.82, 2.24) is 4.90 Å². The smallest absolute Gasteiger partial charge is 0.0541 e. The number of aliphatic hydroxyl groups excluding tert-OH is 1. The summed E-state index contributed by atoms with van der Waals surface area (Å²) in [5, 5.41) is 9.78. The van der Waals surface area contributed by atoms with Gasteiger partial charge in [-0.05, 0) is 81.8 Å². The minimum Gasteiger partial charge on any atom is -0.393 e. The third kappa shape index (κ3) is 4.20. The highest BCUT2D eigenvalue weighted by Crippen LogP contribution is 2.42. The molecule has 2 rings (SSSR count). The summed E-state index contributed by atoms with van der Waals surface area (Å²) in [5.41, 5.74) is 6.48. The number of piperidine rings is 1. The summed E-state index contributed by atoms with van der Waals surface area (Å²) in [6.45, 7) is 12.2. The Morgan fingerprint density at radius 2 is 1.76 bits per heavy atom. The molecule has 0 aromatic rings. The molecule has 2 fully saturated rings. The molecule has 1 aliphatic carbocycles. The maximum atomic E-state index is 9.78. The molecule has 0 radical (unpaired) electrons. The molecule has 124 valence electrons. The number of likely N-dealkylation sites (tertiary alicyclic amines) is 1. The lowest BCUT2D eigenvalue weighted by atomic mass is 9.67. The molecule has 4 unspecified atom stereocenters. The van der Waals surface area contributed by atoms with Crippen molar-refractivity contribution in [3.63, 3.8) is 0 Å². The minimum absolute atomic E-state index is 0.147. The second kappa shape index (κ2) is 6.97. The van der Waals surface area contributed by atoms with Crippen LogP contribution in [-0.4, -0.2) is 41.8 Å². The standard InChI is InChI=1S/C18H36N2O/c1-13(21)14-7-9-20(10-8-14)17-11-16(18(2,3)4)6-5-15(17)12-19/h13-17,21H,5-12,19H2,1-4H3. The van der Waals surface area contributed by atoms with E-state index in [1.807, 2.05) is 6.92 Å². The van der Waals surface area contributed by atoms with Gasteiger partial charge >= 0.3 is 0 Å². The maximum absolute atomic E-state index is 9.78. The van der Waals surface area contributed by atoms with Gasteiger partial charge in [-0.1, -0.05) is 20.8 Å². The van der Waals surface area contributed by atoms with Crippen LogP contribution in [0, 0.1) is 23.2 Å². The molecule has 1 saturated heterocycles. The highest BCUT2D eigenvalue weighted by atomic mass is 16.3. The number of hydrogen-bond donors (Lipinski definition) is 2. The molecule has 0 aromatic heterocycles. The second-order valence-corrected chi connectivity index (χ2v) is 8.55. The normalized spacial score (nSPS) is 34.9. The van der Waals surface area contributed by atoms with E-state index in [2.05, 4.69) is 25.7 Å². The molecule has 3 N–H and O–H groups in total. The van der Waals surface area contributed by atoms with E-state index < -0.39 is 0 Å². The van der Waals surface area contributed by atoms with Crippen LogP contribution in [0.5, 0.6) is 0 Å². The van der Waals surface area contributed by atoms with Crippen molar-refractivity contribution < 1.29 is 5.11 Å². The lowest BCUT2D eigenvalue weighted by molar-refractivity contribution is 0.00652. The Morgan fingerprint density at radius 1 is 1.14 bits per heavy atom. The first-order valence-corrected chi connectivity index (χ1v) is 8.95. The fourth-order valence-corrected chi connectivity index (χ4v) is 4.45. The van der Waals surface area contributed by atoms with E-state index in [-0.39, 0.29) is 6.10 Å². The van der Waals surface area contributed by atoms with Gasteiger partial charge in [0.15, 0.2) is 0 Å². The van der Waals surface area contributed by atoms with Gasteiger partial charge in [0.05, 0.1) is 6.10 Å². The number of aliphatic hydroxyl groups is 1. The quantitative estimate of drug-likeness (QED) is 0.842. The monoisotopic (exact) mass is 296 g/mol. The largest absolute Gasteiger partial charge is 0.393 e. The van der Waals surface area contributed by atoms with Crippen molar-refractivity contribution in [2.75, 3.05) is 19.6 Å². The Hall–Kier alpha value is -0.120. The zero-order valence-corrected chi connectivity index (χ0v) is 14.5. The van der Waals surface area contributed by atoms with Crippen molar-refractivity contribution in [3.05, 3.63) is 0 Å². The third-order valence-corrected chi connectivity index (χ3v) is 6.21. The number of hydrogen-bond acceptors (Lipinski definition) is 3. The lowest BCUT2D eigenvalue weighted by Crippen LogP contribution is -2.51. The van der Waals surface area contributed by atoms with Crippen LogP contribution >= 0.6 is 0 Å². The maximum Gasteiger partial charge on any atom is 0.0541 e. The van der Waals surface area contributed by atoms with Gasteiger partial charge in [-0.2, -0.15) is 0 Å². The molecular formula is C18H36N2O. The molecule has 3 nitrogen and oxygen atoms in total. The number of nitrogens with zero attached hydrogens (tertiary/aromatic N) is 1. The summed E-state index contributed by atoms with van der Waals surface area (Å²) in [6.07, 6.45) is 6.08. The molecule has 0 bridgehead atoms. The molecule has 2 aliphatic rings. The van der Waals surface area contributed by atoms with E-state index >= 15 is 0 Å². The molecule has 4 atom stereocenters. The van der Waals surface area contributed by atoms with Crippen LogP contribution in [-0.2, 0) is 0 Å². The van der Waals surface area contributed by atoms with E-state index in [0.29, 0.717) is 23.3 Å². The van der Waals surface area contributed by atoms with E-state index in [4.69, 9.17) is 5.73 Å². The Bertz CT molecular complexity index is 316. The van der Waals surface area contributed by atoms with Crippen LogP contribution in [0.25, 0.3) is 0 Å². The lowest BCUT2D eigenvalue weighted by Gasteiger charge is -2.48. The molecule has 1 saturated carbocycles. The predicted molar refractivity (Wildman–Crippen MR) is 89.1 cm³/mol. The van der Waals surface area contributed by atoms with Gasteiger partial charge in [0.1, 0.15) is 0 Å². The summed E-state index contributed by atoms with van der Waals surface area (Å²) in [6, 6.07) is 0.669. The van der Waals surface area contributed by atoms with Crippen LogP contribution in [0.2, 0.25) is 0 Å². The van der Waals surface area contributed by atoms with Gasteiger partial charge < -0.3 is 15.7 Å². The molecule has 0 amide bonds. The fraction of sp³-hybridized carbons (Fsp3) is 1.00. The Balaban J connectivity index is 1.98. The first-order chi connectivity index (χ1) is 9.82. The Labute approximate surface area is 131 Å². The van der Waals surface area contributed by atoms with E-state index in [9.17, 15) is 5.11 Å². The Kier molecular flexibility index (Phi) is 5.72. The summed E-state index contributed by atoms with van der Waals surface area (Å²) >= 11 is 0. The van der Waals surface area contributed by atoms with Crippen LogP contribution in [0.1, 0.15) is 59.8 Å². The van der Waals surface area contributed by atoms with Crippen molar-refractivity contribution in [2.24, 2.45) is 28.9 Å². The summed E-state index contributed by atoms with van der Waals surface area (Å²) in [7, 11) is 0. The van der Waals surface area contributed by atoms with Crippen molar-refractivity contribution in [3.8, 4) is 0 Å². The molecule has 1 aliphatic heterocycles. The summed E-state index contributed by atoms with van der Waals surface area (Å²) < 4.78 is 0. The third-order valence-electron chi connectivity index (χ3n) is 6.21. The molecule has 1 heterocycles. The number of rotatable bonds is 3. The average Bonchev–Trinajstić information content (AvgIpc) is 2.45. The minimum atomic E-state index is -0.147. The highest BCUT2D eigenvalue weighted by Gasteiger charge is 2.39. The van der Waals surface area contributed by atoms with Gasteiger partial charge in [-0.25, -0.2) is 0 Å². The topological polar surface area (TPSA) is 49.5 Å². The van der Waals surface area contributed by atoms with E-state index in [0.717, 1.165) is 38.4 Å². The summed E-state index contributed by atoms with van der Waals surface area (Å²) in [5.74, 6) is 1.99. The zero-order chi connectivity index (χ0) is 15.6. The molecule has 0 aromatic carbocycles. The van der Waals surface area contributed by atoms with Crippen LogP contribution < -0.4 is 5.73 Å². The first-order valence-electron chi connectivity index (χ1n) is 8.95. The van der Waals surface area contributed by atoms with Crippen molar-refractivity contribution in [1.29, 1.82) is 0 Å². The van der Waals surface area contributed by atoms with E-state index in [1.165, 1.54) is 19.3 Å². The van der Waals surface area contributed by atoms with Crippen LogP contribution in [0.3, 0.4) is 0 Å². The van der Waals surface area contributed by atoms with Crippen LogP contribution in [0.15, 0.2) is 0 Å².